The number of hydrogen-bond donors (Lipinski definition) is 0. The number of nitrogens with zero attached hydrogens (tertiary/aromatic N) is 2. The van der Waals surface area contributed by atoms with Gasteiger partial charge in [-0.1, -0.05) is 24.6 Å². The van der Waals surface area contributed by atoms with E-state index in [4.69, 9.17) is 14.5 Å². The number of ether oxygens (including phenoxy) is 2. The van der Waals surface area contributed by atoms with E-state index in [1.807, 2.05) is 44.2 Å². The maximum Gasteiger partial charge on any atom is 0.339 e. The van der Waals surface area contributed by atoms with Gasteiger partial charge in [0.25, 0.3) is 0 Å². The van der Waals surface area contributed by atoms with E-state index in [0.717, 1.165) is 91.6 Å². The number of esters is 1. The monoisotopic (exact) mass is 460 g/mol. The molecule has 6 nitrogen and oxygen atoms in total. The fourth-order valence-electron chi connectivity index (χ4n) is 5.42. The second kappa shape index (κ2) is 9.71. The molecule has 0 bridgehead atoms. The van der Waals surface area contributed by atoms with Crippen molar-refractivity contribution in [2.75, 3.05) is 13.2 Å². The van der Waals surface area contributed by atoms with Gasteiger partial charge in [-0.15, -0.1) is 0 Å². The van der Waals surface area contributed by atoms with Crippen molar-refractivity contribution in [3.63, 3.8) is 0 Å². The third kappa shape index (κ3) is 4.39. The molecule has 1 fully saturated rings. The molecule has 0 saturated carbocycles. The number of aryl methyl sites for hydroxylation is 2. The summed E-state index contributed by atoms with van der Waals surface area (Å²) in [6.07, 6.45) is 7.24. The molecule has 1 saturated heterocycles. The molecule has 3 heterocycles. The molecule has 0 spiro atoms. The average Bonchev–Trinajstić information content (AvgIpc) is 3.37. The predicted octanol–water partition coefficient (Wildman–Crippen LogP) is 5.14. The maximum atomic E-state index is 13.3. The molecular formula is C28H32N2O4. The highest BCUT2D eigenvalue weighted by Crippen LogP contribution is 2.29. The van der Waals surface area contributed by atoms with E-state index in [9.17, 15) is 9.59 Å². The van der Waals surface area contributed by atoms with Gasteiger partial charge in [-0.3, -0.25) is 9.78 Å². The van der Waals surface area contributed by atoms with Crippen molar-refractivity contribution in [3.8, 4) is 0 Å². The number of hydrogen-bond acceptors (Lipinski definition) is 5. The van der Waals surface area contributed by atoms with E-state index in [2.05, 4.69) is 4.57 Å². The first-order chi connectivity index (χ1) is 16.5. The third-order valence-corrected chi connectivity index (χ3v) is 7.24. The van der Waals surface area contributed by atoms with Gasteiger partial charge in [0.1, 0.15) is 0 Å². The number of carbonyl (C=O) groups is 2. The molecule has 2 aromatic heterocycles. The van der Waals surface area contributed by atoms with E-state index in [0.29, 0.717) is 11.1 Å². The summed E-state index contributed by atoms with van der Waals surface area (Å²) >= 11 is 0. The number of fused-ring (bicyclic) bond motifs is 2. The molecule has 1 unspecified atom stereocenters. The van der Waals surface area contributed by atoms with Crippen LogP contribution in [0.4, 0.5) is 0 Å². The lowest BCUT2D eigenvalue weighted by molar-refractivity contribution is 0.0475. The highest BCUT2D eigenvalue weighted by Gasteiger charge is 2.25. The Labute approximate surface area is 200 Å². The van der Waals surface area contributed by atoms with E-state index >= 15 is 0 Å². The van der Waals surface area contributed by atoms with Gasteiger partial charge in [0.15, 0.2) is 6.61 Å². The van der Waals surface area contributed by atoms with Crippen LogP contribution in [0.15, 0.2) is 30.3 Å². The number of rotatable bonds is 6. The lowest BCUT2D eigenvalue weighted by Crippen LogP contribution is -2.19. The molecule has 0 N–H and O–H groups in total. The molecule has 0 radical (unpaired) electrons. The summed E-state index contributed by atoms with van der Waals surface area (Å²) < 4.78 is 13.6. The van der Waals surface area contributed by atoms with Crippen LogP contribution >= 0.6 is 0 Å². The molecule has 1 aromatic carbocycles. The number of benzene rings is 1. The van der Waals surface area contributed by atoms with E-state index in [-0.39, 0.29) is 18.5 Å². The van der Waals surface area contributed by atoms with Gasteiger partial charge in [-0.05, 0) is 70.1 Å². The Bertz CT molecular complexity index is 1240. The quantitative estimate of drug-likeness (QED) is 0.289. The Morgan fingerprint density at radius 3 is 2.76 bits per heavy atom. The summed E-state index contributed by atoms with van der Waals surface area (Å²) in [6.45, 7) is 5.24. The lowest BCUT2D eigenvalue weighted by atomic mass is 9.97. The summed E-state index contributed by atoms with van der Waals surface area (Å²) in [5.74, 6) is -0.609. The Morgan fingerprint density at radius 2 is 1.94 bits per heavy atom. The smallest absolute Gasteiger partial charge is 0.339 e. The first kappa shape index (κ1) is 22.8. The summed E-state index contributed by atoms with van der Waals surface area (Å²) in [5, 5.41) is 0.801. The SMILES string of the molecule is Cc1cc(C(=O)COC(=O)c2c3c(nc4ccccc24)CCCCC3)c(C)n1CC1CCCO1. The average molecular weight is 461 g/mol. The normalized spacial score (nSPS) is 18.0. The molecule has 6 heteroatoms. The minimum absolute atomic E-state index is 0.176. The first-order valence-electron chi connectivity index (χ1n) is 12.4. The molecule has 1 aliphatic carbocycles. The Balaban J connectivity index is 1.37. The minimum Gasteiger partial charge on any atom is -0.454 e. The van der Waals surface area contributed by atoms with Crippen LogP contribution in [0.5, 0.6) is 0 Å². The fraction of sp³-hybridized carbons (Fsp3) is 0.464. The summed E-state index contributed by atoms with van der Waals surface area (Å²) in [4.78, 5) is 31.3. The third-order valence-electron chi connectivity index (χ3n) is 7.24. The largest absolute Gasteiger partial charge is 0.454 e. The van der Waals surface area contributed by atoms with Crippen molar-refractivity contribution in [1.29, 1.82) is 0 Å². The van der Waals surface area contributed by atoms with Crippen LogP contribution in [0.25, 0.3) is 10.9 Å². The highest BCUT2D eigenvalue weighted by molar-refractivity contribution is 6.06. The van der Waals surface area contributed by atoms with Crippen molar-refractivity contribution >= 4 is 22.7 Å². The number of aromatic nitrogens is 2. The van der Waals surface area contributed by atoms with Crippen molar-refractivity contribution < 1.29 is 19.1 Å². The van der Waals surface area contributed by atoms with Gasteiger partial charge in [-0.2, -0.15) is 0 Å². The van der Waals surface area contributed by atoms with E-state index in [1.54, 1.807) is 0 Å². The molecule has 2 aliphatic rings. The topological polar surface area (TPSA) is 70.4 Å². The van der Waals surface area contributed by atoms with Gasteiger partial charge in [0, 0.05) is 41.2 Å². The zero-order chi connectivity index (χ0) is 23.7. The highest BCUT2D eigenvalue weighted by atomic mass is 16.5. The van der Waals surface area contributed by atoms with Gasteiger partial charge in [-0.25, -0.2) is 4.79 Å². The molecule has 1 atom stereocenters. The molecular weight excluding hydrogens is 428 g/mol. The predicted molar refractivity (Wildman–Crippen MR) is 130 cm³/mol. The van der Waals surface area contributed by atoms with Crippen molar-refractivity contribution in [2.24, 2.45) is 0 Å². The standard InChI is InChI=1S/C28H32N2O4/c1-18-15-23(19(2)30(18)16-20-9-8-14-33-20)26(31)17-34-28(32)27-21-10-4-3-5-12-24(21)29-25-13-7-6-11-22(25)27/h6-7,11,13,15,20H,3-5,8-10,12,14,16-17H2,1-2H3. The van der Waals surface area contributed by atoms with Gasteiger partial charge in [0.05, 0.1) is 17.2 Å². The Kier molecular flexibility index (Phi) is 6.50. The number of carbonyl (C=O) groups excluding carboxylic acids is 2. The summed E-state index contributed by atoms with van der Waals surface area (Å²) in [7, 11) is 0. The number of pyridine rings is 1. The zero-order valence-electron chi connectivity index (χ0n) is 20.1. The van der Waals surface area contributed by atoms with Crippen LogP contribution in [0.3, 0.4) is 0 Å². The molecule has 0 amide bonds. The number of para-hydroxylation sites is 1. The summed E-state index contributed by atoms with van der Waals surface area (Å²) in [5.41, 5.74) is 5.90. The van der Waals surface area contributed by atoms with Gasteiger partial charge >= 0.3 is 5.97 Å². The second-order valence-corrected chi connectivity index (χ2v) is 9.52. The Morgan fingerprint density at radius 1 is 1.12 bits per heavy atom. The van der Waals surface area contributed by atoms with Crippen molar-refractivity contribution in [2.45, 2.75) is 71.4 Å². The minimum atomic E-state index is -0.432. The van der Waals surface area contributed by atoms with Crippen LogP contribution in [-0.2, 0) is 28.9 Å². The molecule has 1 aliphatic heterocycles. The maximum absolute atomic E-state index is 13.3. The summed E-state index contributed by atoms with van der Waals surface area (Å²) in [6, 6.07) is 9.60. The number of Topliss-reactive ketones (excluding diaryl/α,β-unsaturated/α-hetero) is 1. The van der Waals surface area contributed by atoms with Crippen LogP contribution < -0.4 is 0 Å². The fourth-order valence-corrected chi connectivity index (χ4v) is 5.42. The van der Waals surface area contributed by atoms with Crippen LogP contribution in [0.1, 0.15) is 75.5 Å². The Hall–Kier alpha value is -2.99. The molecule has 5 rings (SSSR count). The molecule has 178 valence electrons. The van der Waals surface area contributed by atoms with Crippen LogP contribution in [0, 0.1) is 13.8 Å². The first-order valence-corrected chi connectivity index (χ1v) is 12.4. The van der Waals surface area contributed by atoms with Gasteiger partial charge in [0.2, 0.25) is 5.78 Å². The zero-order valence-corrected chi connectivity index (χ0v) is 20.1. The van der Waals surface area contributed by atoms with Crippen molar-refractivity contribution in [3.05, 3.63) is 64.1 Å². The molecule has 34 heavy (non-hydrogen) atoms. The van der Waals surface area contributed by atoms with Gasteiger partial charge < -0.3 is 14.0 Å². The van der Waals surface area contributed by atoms with Crippen LogP contribution in [-0.4, -0.2) is 40.6 Å². The number of ketones is 1. The van der Waals surface area contributed by atoms with Crippen LogP contribution in [0.2, 0.25) is 0 Å². The van der Waals surface area contributed by atoms with E-state index < -0.39 is 5.97 Å². The molecule has 3 aromatic rings. The van der Waals surface area contributed by atoms with E-state index in [1.165, 1.54) is 0 Å². The van der Waals surface area contributed by atoms with Crippen molar-refractivity contribution in [1.82, 2.24) is 9.55 Å². The second-order valence-electron chi connectivity index (χ2n) is 9.52. The lowest BCUT2D eigenvalue weighted by Gasteiger charge is -2.15.